The van der Waals surface area contributed by atoms with Gasteiger partial charge in [-0.3, -0.25) is 0 Å². The summed E-state index contributed by atoms with van der Waals surface area (Å²) in [6.07, 6.45) is 0. The van der Waals surface area contributed by atoms with Crippen LogP contribution in [-0.2, 0) is 20.8 Å². The molecule has 318 valence electrons. The van der Waals surface area contributed by atoms with E-state index in [9.17, 15) is 0 Å². The molecule has 1 aliphatic rings. The molecule has 0 fully saturated rings. The second-order valence-electron chi connectivity index (χ2n) is 18.2. The average Bonchev–Trinajstić information content (AvgIpc) is 3.94. The van der Waals surface area contributed by atoms with E-state index in [0.29, 0.717) is 23.7 Å². The van der Waals surface area contributed by atoms with Crippen molar-refractivity contribution in [3.05, 3.63) is 178 Å². The summed E-state index contributed by atoms with van der Waals surface area (Å²) in [7, 11) is 10.7. The molecule has 0 saturated heterocycles. The van der Waals surface area contributed by atoms with E-state index < -0.39 is 20.8 Å². The predicted octanol–water partition coefficient (Wildman–Crippen LogP) is 16.7. The summed E-state index contributed by atoms with van der Waals surface area (Å²) in [5.41, 5.74) is 19.5. The van der Waals surface area contributed by atoms with Gasteiger partial charge >= 0.3 is 37.9 Å². The first-order chi connectivity index (χ1) is 29.6. The van der Waals surface area contributed by atoms with Crippen LogP contribution in [0.15, 0.2) is 127 Å². The second kappa shape index (κ2) is 21.3. The van der Waals surface area contributed by atoms with Crippen LogP contribution in [0.2, 0.25) is 0 Å². The fraction of sp³-hybridized carbons (Fsp3) is 0.276. The molecule has 8 aromatic rings. The largest absolute Gasteiger partial charge is 0.184 e. The molecule has 0 unspecified atom stereocenters. The second-order valence-corrected chi connectivity index (χ2v) is 23.2. The summed E-state index contributed by atoms with van der Waals surface area (Å²) in [4.78, 5) is 0. The number of hydrogen-bond acceptors (Lipinski definition) is 0. The number of fused-ring (bicyclic) bond motifs is 5. The van der Waals surface area contributed by atoms with Gasteiger partial charge in [-0.15, -0.1) is 74.6 Å². The number of rotatable bonds is 6. The van der Waals surface area contributed by atoms with Gasteiger partial charge in [0.15, 0.2) is 0 Å². The molecule has 1 heterocycles. The topological polar surface area (TPSA) is 0 Å². The van der Waals surface area contributed by atoms with Crippen molar-refractivity contribution in [1.29, 1.82) is 0 Å². The Morgan fingerprint density at radius 3 is 1.32 bits per heavy atom. The molecule has 0 nitrogen and oxygen atoms in total. The summed E-state index contributed by atoms with van der Waals surface area (Å²) in [5.74, 6) is 2.20. The number of aryl methyl sites for hydroxylation is 4. The Morgan fingerprint density at radius 1 is 0.500 bits per heavy atom. The van der Waals surface area contributed by atoms with Gasteiger partial charge in [-0.2, -0.15) is 41.6 Å². The first-order valence-electron chi connectivity index (χ1n) is 22.1. The molecule has 0 spiro atoms. The maximum Gasteiger partial charge on any atom is 0.0920 e. The summed E-state index contributed by atoms with van der Waals surface area (Å²) < 4.78 is 0. The molecule has 0 N–H and O–H groups in total. The number of benzene rings is 6. The third kappa shape index (κ3) is 11.1. The number of hydrogen-bond donors (Lipinski definition) is 0. The molecule has 2 radical (unpaired) electrons. The van der Waals surface area contributed by atoms with Crippen LogP contribution in [0.4, 0.5) is 0 Å². The fourth-order valence-corrected chi connectivity index (χ4v) is 9.86. The molecule has 4 heteroatoms. The summed E-state index contributed by atoms with van der Waals surface area (Å²) in [6.45, 7) is 27.1. The van der Waals surface area contributed by atoms with Crippen molar-refractivity contribution < 1.29 is 20.8 Å². The van der Waals surface area contributed by atoms with Gasteiger partial charge in [0, 0.05) is 0 Å². The van der Waals surface area contributed by atoms with Crippen molar-refractivity contribution in [3.8, 4) is 33.4 Å². The van der Waals surface area contributed by atoms with Crippen molar-refractivity contribution in [2.24, 2.45) is 0 Å². The van der Waals surface area contributed by atoms with Gasteiger partial charge in [-0.05, 0) is 70.9 Å². The Hall–Kier alpha value is -3.78. The van der Waals surface area contributed by atoms with Crippen LogP contribution >= 0.6 is 17.0 Å². The van der Waals surface area contributed by atoms with Gasteiger partial charge in [0.1, 0.15) is 0 Å². The molecule has 9 rings (SSSR count). The summed E-state index contributed by atoms with van der Waals surface area (Å²) in [5, 5.41) is 8.30. The summed E-state index contributed by atoms with van der Waals surface area (Å²) in [6, 6.07) is 50.7. The molecule has 0 bridgehead atoms. The van der Waals surface area contributed by atoms with Crippen molar-refractivity contribution >= 4 is 58.5 Å². The summed E-state index contributed by atoms with van der Waals surface area (Å²) >= 11 is -0.826. The molecular weight excluding hydrogens is 887 g/mol. The van der Waals surface area contributed by atoms with Crippen LogP contribution in [0.3, 0.4) is 0 Å². The molecule has 0 amide bonds. The Labute approximate surface area is 394 Å². The average molecular weight is 948 g/mol. The van der Waals surface area contributed by atoms with Crippen LogP contribution in [-0.4, -0.2) is 9.52 Å². The van der Waals surface area contributed by atoms with Crippen molar-refractivity contribution in [2.75, 3.05) is 0 Å². The molecule has 0 aromatic heterocycles. The Balaban J connectivity index is 0.000000155. The Morgan fingerprint density at radius 2 is 0.903 bits per heavy atom. The maximum absolute atomic E-state index is 4.93. The predicted molar refractivity (Wildman–Crippen MR) is 273 cm³/mol. The van der Waals surface area contributed by atoms with E-state index in [1.807, 2.05) is 6.07 Å². The van der Waals surface area contributed by atoms with E-state index in [0.717, 1.165) is 9.52 Å². The quantitative estimate of drug-likeness (QED) is 0.115. The minimum atomic E-state index is -0.826. The van der Waals surface area contributed by atoms with Gasteiger partial charge < -0.3 is 0 Å². The van der Waals surface area contributed by atoms with Crippen molar-refractivity contribution in [3.63, 3.8) is 0 Å². The number of halogens is 2. The maximum atomic E-state index is 4.93. The first kappa shape index (κ1) is 47.7. The first-order valence-corrected chi connectivity index (χ1v) is 29.4. The Kier molecular flexibility index (Phi) is 16.4. The minimum absolute atomic E-state index is 0.549. The van der Waals surface area contributed by atoms with Gasteiger partial charge in [-0.1, -0.05) is 163 Å². The molecule has 62 heavy (non-hydrogen) atoms. The van der Waals surface area contributed by atoms with Crippen LogP contribution < -0.4 is 10.4 Å². The van der Waals surface area contributed by atoms with E-state index in [2.05, 4.69) is 210 Å². The molecule has 0 saturated carbocycles. The normalized spacial score (nSPS) is 11.6. The zero-order valence-electron chi connectivity index (χ0n) is 38.7. The smallest absolute Gasteiger partial charge is 0.0920 e. The zero-order valence-corrected chi connectivity index (χ0v) is 43.7. The molecular formula is C58H61Cl2SiZr-3. The van der Waals surface area contributed by atoms with Crippen LogP contribution in [0, 0.1) is 33.8 Å². The monoisotopic (exact) mass is 945 g/mol. The zero-order chi connectivity index (χ0) is 44.8. The third-order valence-electron chi connectivity index (χ3n) is 12.0. The van der Waals surface area contributed by atoms with E-state index in [-0.39, 0.29) is 0 Å². The molecule has 1 aliphatic heterocycles. The van der Waals surface area contributed by atoms with E-state index in [1.165, 1.54) is 110 Å². The molecule has 0 atom stereocenters. The standard InChI is InChI=1S/2C23H27.C12H7Si.2ClH.Zr/c2*1-14(2)19-11-20(15(3)4)13-21(12-19)23-17(6)7-8-18-9-16(5)10-22(18)23;1-3-7-11-9(5-1)10-6-2-4-8-12(10)13-11;;;/h2*7-15H,1-6H3;1-7H;2*1H;/q3*-1;;;+2/p-2. The third-order valence-corrected chi connectivity index (χ3v) is 13.4. The fourth-order valence-electron chi connectivity index (χ4n) is 8.55. The van der Waals surface area contributed by atoms with Crippen molar-refractivity contribution in [2.45, 2.75) is 107 Å². The van der Waals surface area contributed by atoms with Crippen LogP contribution in [0.1, 0.15) is 124 Å². The van der Waals surface area contributed by atoms with E-state index in [1.54, 1.807) is 0 Å². The van der Waals surface area contributed by atoms with Crippen LogP contribution in [0.25, 0.3) is 54.9 Å². The van der Waals surface area contributed by atoms with E-state index in [4.69, 9.17) is 17.0 Å². The van der Waals surface area contributed by atoms with Gasteiger partial charge in [0.25, 0.3) is 0 Å². The van der Waals surface area contributed by atoms with Gasteiger partial charge in [0.05, 0.1) is 9.52 Å². The van der Waals surface area contributed by atoms with Gasteiger partial charge in [0.2, 0.25) is 0 Å². The van der Waals surface area contributed by atoms with E-state index >= 15 is 0 Å². The Bertz CT molecular complexity index is 2540. The molecule has 8 aromatic carbocycles. The van der Waals surface area contributed by atoms with Crippen LogP contribution in [0.5, 0.6) is 0 Å². The minimum Gasteiger partial charge on any atom is -0.184 e. The van der Waals surface area contributed by atoms with Gasteiger partial charge in [-0.25, -0.2) is 0 Å². The van der Waals surface area contributed by atoms with Crippen molar-refractivity contribution in [1.82, 2.24) is 0 Å². The SMILES string of the molecule is Cc1cc2c(-c3cc(C(C)C)cc(C(C)C)c3)c(C)ccc2[cH-]1.Cc1cc2c(-c3cc(C(C)C)cc(C(C)C)c3)c(C)ccc2[cH-]1.[Cl][Zr][Cl].[c-]1cccc2c1[Si]c1ccccc1-2. The molecule has 0 aliphatic carbocycles.